The Labute approximate surface area is 104 Å². The molecule has 0 spiro atoms. The number of carbonyl (C=O) groups is 2. The molecule has 4 nitrogen and oxygen atoms in total. The minimum Gasteiger partial charge on any atom is -0.480 e. The van der Waals surface area contributed by atoms with Gasteiger partial charge in [-0.25, -0.2) is 0 Å². The molecular weight excluding hydrogens is 232 g/mol. The molecule has 0 unspecified atom stereocenters. The van der Waals surface area contributed by atoms with Crippen LogP contribution >= 0.6 is 0 Å². The molecule has 0 saturated heterocycles. The summed E-state index contributed by atoms with van der Waals surface area (Å²) in [5, 5.41) is 18.1. The zero-order chi connectivity index (χ0) is 13.2. The zero-order valence-corrected chi connectivity index (χ0v) is 9.48. The van der Waals surface area contributed by atoms with E-state index in [4.69, 9.17) is 10.2 Å². The van der Waals surface area contributed by atoms with Crippen molar-refractivity contribution in [2.24, 2.45) is 5.41 Å². The molecule has 0 fully saturated rings. The van der Waals surface area contributed by atoms with Crippen LogP contribution in [-0.4, -0.2) is 22.2 Å². The second-order valence-corrected chi connectivity index (χ2v) is 4.13. The van der Waals surface area contributed by atoms with Crippen LogP contribution in [0.2, 0.25) is 0 Å². The van der Waals surface area contributed by atoms with E-state index >= 15 is 0 Å². The van der Waals surface area contributed by atoms with Crippen molar-refractivity contribution in [2.45, 2.75) is 5.92 Å². The van der Waals surface area contributed by atoms with E-state index in [-0.39, 0.29) is 5.92 Å². The lowest BCUT2D eigenvalue weighted by atomic mass is 9.80. The Balaban J connectivity index is 2.31. The van der Waals surface area contributed by atoms with E-state index in [0.29, 0.717) is 0 Å². The van der Waals surface area contributed by atoms with E-state index in [1.54, 1.807) is 12.2 Å². The summed E-state index contributed by atoms with van der Waals surface area (Å²) in [5.41, 5.74) is -0.944. The number of hydrogen-bond acceptors (Lipinski definition) is 2. The Kier molecular flexibility index (Phi) is 3.02. The molecule has 1 aromatic carbocycles. The number of hydrogen-bond donors (Lipinski definition) is 2. The van der Waals surface area contributed by atoms with Gasteiger partial charge in [-0.05, 0) is 5.56 Å². The lowest BCUT2D eigenvalue weighted by molar-refractivity contribution is -0.157. The molecule has 0 bridgehead atoms. The van der Waals surface area contributed by atoms with Gasteiger partial charge in [0.1, 0.15) is 0 Å². The minimum atomic E-state index is -1.94. The lowest BCUT2D eigenvalue weighted by Crippen LogP contribution is -2.36. The molecule has 0 aromatic heterocycles. The number of aliphatic carboxylic acids is 2. The maximum absolute atomic E-state index is 11.1. The fourth-order valence-electron chi connectivity index (χ4n) is 1.90. The van der Waals surface area contributed by atoms with E-state index in [2.05, 4.69) is 0 Å². The summed E-state index contributed by atoms with van der Waals surface area (Å²) in [7, 11) is 0. The first kappa shape index (κ1) is 12.1. The summed E-state index contributed by atoms with van der Waals surface area (Å²) in [4.78, 5) is 22.2. The summed E-state index contributed by atoms with van der Waals surface area (Å²) in [5.74, 6) is -2.85. The van der Waals surface area contributed by atoms with Crippen molar-refractivity contribution in [1.29, 1.82) is 0 Å². The van der Waals surface area contributed by atoms with Crippen LogP contribution < -0.4 is 0 Å². The van der Waals surface area contributed by atoms with Gasteiger partial charge in [-0.1, -0.05) is 54.6 Å². The average molecular weight is 244 g/mol. The summed E-state index contributed by atoms with van der Waals surface area (Å²) < 4.78 is 0. The molecule has 1 aliphatic rings. The maximum Gasteiger partial charge on any atom is 0.328 e. The Morgan fingerprint density at radius 1 is 0.944 bits per heavy atom. The molecule has 1 aliphatic carbocycles. The van der Waals surface area contributed by atoms with E-state index < -0.39 is 17.4 Å². The molecule has 1 aromatic rings. The van der Waals surface area contributed by atoms with Gasteiger partial charge in [0.2, 0.25) is 5.41 Å². The fraction of sp³-hybridized carbons (Fsp3) is 0.143. The first-order valence-corrected chi connectivity index (χ1v) is 5.47. The third-order valence-electron chi connectivity index (χ3n) is 3.03. The molecule has 2 N–H and O–H groups in total. The van der Waals surface area contributed by atoms with Gasteiger partial charge in [0, 0.05) is 5.92 Å². The first-order chi connectivity index (χ1) is 8.56. The van der Waals surface area contributed by atoms with Gasteiger partial charge in [0.15, 0.2) is 0 Å². The highest BCUT2D eigenvalue weighted by Crippen LogP contribution is 2.32. The molecule has 0 aliphatic heterocycles. The maximum atomic E-state index is 11.1. The molecule has 18 heavy (non-hydrogen) atoms. The fourth-order valence-corrected chi connectivity index (χ4v) is 1.90. The van der Waals surface area contributed by atoms with Crippen LogP contribution in [0.1, 0.15) is 11.5 Å². The zero-order valence-electron chi connectivity index (χ0n) is 9.48. The molecule has 2 rings (SSSR count). The van der Waals surface area contributed by atoms with Gasteiger partial charge < -0.3 is 10.2 Å². The van der Waals surface area contributed by atoms with E-state index in [1.165, 1.54) is 12.2 Å². The SMILES string of the molecule is O=C(O)C1(C(=O)O)C=CC(c2ccccc2)C=C1. The van der Waals surface area contributed by atoms with Gasteiger partial charge >= 0.3 is 11.9 Å². The Bertz CT molecular complexity index is 498. The second-order valence-electron chi connectivity index (χ2n) is 4.13. The van der Waals surface area contributed by atoms with Gasteiger partial charge in [-0.2, -0.15) is 0 Å². The number of rotatable bonds is 3. The van der Waals surface area contributed by atoms with E-state index in [0.717, 1.165) is 5.56 Å². The smallest absolute Gasteiger partial charge is 0.328 e. The molecule has 0 amide bonds. The van der Waals surface area contributed by atoms with Crippen molar-refractivity contribution in [1.82, 2.24) is 0 Å². The average Bonchev–Trinajstić information content (AvgIpc) is 2.39. The molecular formula is C14H12O4. The summed E-state index contributed by atoms with van der Waals surface area (Å²) in [6, 6.07) is 9.47. The number of benzene rings is 1. The Hall–Kier alpha value is -2.36. The van der Waals surface area contributed by atoms with Crippen LogP contribution in [0.5, 0.6) is 0 Å². The van der Waals surface area contributed by atoms with Gasteiger partial charge in [-0.3, -0.25) is 9.59 Å². The van der Waals surface area contributed by atoms with Gasteiger partial charge in [0.25, 0.3) is 0 Å². The van der Waals surface area contributed by atoms with Gasteiger partial charge in [0.05, 0.1) is 0 Å². The molecule has 0 heterocycles. The predicted molar refractivity (Wildman–Crippen MR) is 65.2 cm³/mol. The number of allylic oxidation sites excluding steroid dienone is 2. The normalized spacial score (nSPS) is 17.6. The van der Waals surface area contributed by atoms with Crippen molar-refractivity contribution < 1.29 is 19.8 Å². The summed E-state index contributed by atoms with van der Waals surface area (Å²) >= 11 is 0. The van der Waals surface area contributed by atoms with Crippen molar-refractivity contribution in [3.8, 4) is 0 Å². The molecule has 0 saturated carbocycles. The quantitative estimate of drug-likeness (QED) is 0.630. The number of carboxylic acids is 2. The summed E-state index contributed by atoms with van der Waals surface area (Å²) in [6.07, 6.45) is 5.68. The van der Waals surface area contributed by atoms with Crippen molar-refractivity contribution in [2.75, 3.05) is 0 Å². The van der Waals surface area contributed by atoms with Crippen LogP contribution in [0, 0.1) is 5.41 Å². The highest BCUT2D eigenvalue weighted by atomic mass is 16.4. The molecule has 92 valence electrons. The van der Waals surface area contributed by atoms with Crippen LogP contribution in [0.4, 0.5) is 0 Å². The summed E-state index contributed by atoms with van der Waals surface area (Å²) in [6.45, 7) is 0. The molecule has 0 radical (unpaired) electrons. The third-order valence-corrected chi connectivity index (χ3v) is 3.03. The van der Waals surface area contributed by atoms with Crippen LogP contribution in [0.15, 0.2) is 54.6 Å². The third kappa shape index (κ3) is 1.93. The first-order valence-electron chi connectivity index (χ1n) is 5.47. The highest BCUT2D eigenvalue weighted by Gasteiger charge is 2.43. The van der Waals surface area contributed by atoms with E-state index in [1.807, 2.05) is 30.3 Å². The van der Waals surface area contributed by atoms with E-state index in [9.17, 15) is 9.59 Å². The minimum absolute atomic E-state index is 0.0852. The van der Waals surface area contributed by atoms with Crippen molar-refractivity contribution in [3.05, 3.63) is 60.2 Å². The van der Waals surface area contributed by atoms with Crippen LogP contribution in [0.25, 0.3) is 0 Å². The monoisotopic (exact) mass is 244 g/mol. The Morgan fingerprint density at radius 3 is 1.89 bits per heavy atom. The lowest BCUT2D eigenvalue weighted by Gasteiger charge is -2.22. The second kappa shape index (κ2) is 4.49. The molecule has 0 atom stereocenters. The van der Waals surface area contributed by atoms with Crippen molar-refractivity contribution >= 4 is 11.9 Å². The topological polar surface area (TPSA) is 74.6 Å². The van der Waals surface area contributed by atoms with Crippen molar-refractivity contribution in [3.63, 3.8) is 0 Å². The van der Waals surface area contributed by atoms with Crippen LogP contribution in [0.3, 0.4) is 0 Å². The largest absolute Gasteiger partial charge is 0.480 e. The highest BCUT2D eigenvalue weighted by molar-refractivity contribution is 6.03. The molecule has 4 heteroatoms. The van der Waals surface area contributed by atoms with Crippen LogP contribution in [-0.2, 0) is 9.59 Å². The standard InChI is InChI=1S/C14H12O4/c15-12(16)14(13(17)18)8-6-11(7-9-14)10-4-2-1-3-5-10/h1-9,11H,(H,15,16)(H,17,18). The number of carboxylic acid groups (broad SMARTS) is 2. The Morgan fingerprint density at radius 2 is 1.44 bits per heavy atom. The predicted octanol–water partition coefficient (Wildman–Crippen LogP) is 2.05. The van der Waals surface area contributed by atoms with Gasteiger partial charge in [-0.15, -0.1) is 0 Å².